The Balaban J connectivity index is 2.21. The van der Waals surface area contributed by atoms with Crippen LogP contribution in [0, 0.1) is 0 Å². The molecule has 0 aliphatic heterocycles. The first-order chi connectivity index (χ1) is 9.46. The van der Waals surface area contributed by atoms with Crippen molar-refractivity contribution in [3.63, 3.8) is 0 Å². The number of hydrogen-bond donors (Lipinski definition) is 2. The summed E-state index contributed by atoms with van der Waals surface area (Å²) >= 11 is 1.70. The van der Waals surface area contributed by atoms with Crippen molar-refractivity contribution in [2.24, 2.45) is 0 Å². The second-order valence-electron chi connectivity index (χ2n) is 5.54. The fourth-order valence-electron chi connectivity index (χ4n) is 1.75. The first kappa shape index (κ1) is 14.8. The predicted octanol–water partition coefficient (Wildman–Crippen LogP) is 3.26. The maximum absolute atomic E-state index is 5.75. The quantitative estimate of drug-likeness (QED) is 0.845. The largest absolute Gasteiger partial charge is 0.382 e. The van der Waals surface area contributed by atoms with E-state index in [4.69, 9.17) is 5.73 Å². The molecule has 0 fully saturated rings. The van der Waals surface area contributed by atoms with Gasteiger partial charge in [-0.25, -0.2) is 0 Å². The zero-order valence-corrected chi connectivity index (χ0v) is 12.9. The molecule has 0 aliphatic carbocycles. The van der Waals surface area contributed by atoms with Gasteiger partial charge >= 0.3 is 0 Å². The summed E-state index contributed by atoms with van der Waals surface area (Å²) < 4.78 is 3.54. The van der Waals surface area contributed by atoms with Gasteiger partial charge in [0.1, 0.15) is 5.82 Å². The standard InChI is InChI=1S/C15H20N4S/c1-15(2,3)20-17-10-12-9-13(16)18-19-14(12)11-7-5-4-6-8-11/h4-9,17H,10H2,1-3H3,(H2,16,18). The van der Waals surface area contributed by atoms with E-state index in [9.17, 15) is 0 Å². The maximum Gasteiger partial charge on any atom is 0.146 e. The Labute approximate surface area is 124 Å². The van der Waals surface area contributed by atoms with Gasteiger partial charge < -0.3 is 5.73 Å². The molecule has 1 aromatic heterocycles. The van der Waals surface area contributed by atoms with Gasteiger partial charge in [0.2, 0.25) is 0 Å². The molecule has 5 heteroatoms. The molecule has 2 rings (SSSR count). The number of nitrogens with one attached hydrogen (secondary N) is 1. The number of anilines is 1. The number of aromatic nitrogens is 2. The average molecular weight is 288 g/mol. The van der Waals surface area contributed by atoms with Crippen molar-refractivity contribution in [2.45, 2.75) is 32.1 Å². The minimum absolute atomic E-state index is 0.166. The van der Waals surface area contributed by atoms with E-state index in [-0.39, 0.29) is 4.75 Å². The summed E-state index contributed by atoms with van der Waals surface area (Å²) in [7, 11) is 0. The van der Waals surface area contributed by atoms with E-state index in [1.54, 1.807) is 11.9 Å². The third-order valence-electron chi connectivity index (χ3n) is 2.58. The lowest BCUT2D eigenvalue weighted by atomic mass is 10.1. The summed E-state index contributed by atoms with van der Waals surface area (Å²) in [6, 6.07) is 11.9. The van der Waals surface area contributed by atoms with Crippen LogP contribution in [0.2, 0.25) is 0 Å². The summed E-state index contributed by atoms with van der Waals surface area (Å²) in [5, 5.41) is 8.21. The fourth-order valence-corrected chi connectivity index (χ4v) is 2.41. The highest BCUT2D eigenvalue weighted by Crippen LogP contribution is 2.24. The lowest BCUT2D eigenvalue weighted by Crippen LogP contribution is -2.17. The molecule has 2 aromatic rings. The van der Waals surface area contributed by atoms with Crippen LogP contribution in [0.3, 0.4) is 0 Å². The Morgan fingerprint density at radius 3 is 2.50 bits per heavy atom. The second-order valence-corrected chi connectivity index (χ2v) is 7.26. The molecule has 0 amide bonds. The van der Waals surface area contributed by atoms with Crippen molar-refractivity contribution in [2.75, 3.05) is 5.73 Å². The van der Waals surface area contributed by atoms with Crippen molar-refractivity contribution in [3.05, 3.63) is 42.0 Å². The van der Waals surface area contributed by atoms with Crippen LogP contribution in [0.4, 0.5) is 5.82 Å². The van der Waals surface area contributed by atoms with Crippen LogP contribution in [-0.2, 0) is 6.54 Å². The van der Waals surface area contributed by atoms with Crippen molar-refractivity contribution in [1.29, 1.82) is 0 Å². The molecule has 0 atom stereocenters. The van der Waals surface area contributed by atoms with E-state index in [0.717, 1.165) is 16.8 Å². The minimum atomic E-state index is 0.166. The van der Waals surface area contributed by atoms with Gasteiger partial charge in [-0.2, -0.15) is 0 Å². The van der Waals surface area contributed by atoms with E-state index in [1.807, 2.05) is 36.4 Å². The van der Waals surface area contributed by atoms with E-state index >= 15 is 0 Å². The SMILES string of the molecule is CC(C)(C)SNCc1cc(N)nnc1-c1ccccc1. The smallest absolute Gasteiger partial charge is 0.146 e. The number of nitrogens with two attached hydrogens (primary N) is 1. The van der Waals surface area contributed by atoms with Gasteiger partial charge in [-0.05, 0) is 32.4 Å². The highest BCUT2D eigenvalue weighted by atomic mass is 32.2. The van der Waals surface area contributed by atoms with Gasteiger partial charge in [-0.15, -0.1) is 10.2 Å². The van der Waals surface area contributed by atoms with Gasteiger partial charge in [0, 0.05) is 16.9 Å². The van der Waals surface area contributed by atoms with Gasteiger partial charge in [-0.1, -0.05) is 42.3 Å². The Bertz CT molecular complexity index is 564. The monoisotopic (exact) mass is 288 g/mol. The number of hydrogen-bond acceptors (Lipinski definition) is 5. The predicted molar refractivity (Wildman–Crippen MR) is 86.1 cm³/mol. The van der Waals surface area contributed by atoms with Crippen molar-refractivity contribution < 1.29 is 0 Å². The molecule has 0 radical (unpaired) electrons. The third-order valence-corrected chi connectivity index (χ3v) is 3.48. The van der Waals surface area contributed by atoms with Crippen LogP contribution in [0.5, 0.6) is 0 Å². The van der Waals surface area contributed by atoms with Crippen LogP contribution in [0.25, 0.3) is 11.3 Å². The summed E-state index contributed by atoms with van der Waals surface area (Å²) in [6.07, 6.45) is 0. The zero-order chi connectivity index (χ0) is 14.6. The Morgan fingerprint density at radius 2 is 1.85 bits per heavy atom. The van der Waals surface area contributed by atoms with Crippen LogP contribution >= 0.6 is 11.9 Å². The van der Waals surface area contributed by atoms with Gasteiger partial charge in [0.25, 0.3) is 0 Å². The normalized spacial score (nSPS) is 11.6. The molecule has 1 aromatic carbocycles. The molecule has 0 saturated carbocycles. The lowest BCUT2D eigenvalue weighted by Gasteiger charge is -2.18. The van der Waals surface area contributed by atoms with Crippen LogP contribution in [0.15, 0.2) is 36.4 Å². The number of rotatable bonds is 4. The zero-order valence-electron chi connectivity index (χ0n) is 12.1. The first-order valence-corrected chi connectivity index (χ1v) is 7.36. The molecule has 1 heterocycles. The van der Waals surface area contributed by atoms with Crippen LogP contribution in [-0.4, -0.2) is 14.9 Å². The Kier molecular flexibility index (Phi) is 4.62. The first-order valence-electron chi connectivity index (χ1n) is 6.54. The minimum Gasteiger partial charge on any atom is -0.382 e. The third kappa shape index (κ3) is 4.21. The summed E-state index contributed by atoms with van der Waals surface area (Å²) in [4.78, 5) is 0. The molecular weight excluding hydrogens is 268 g/mol. The summed E-state index contributed by atoms with van der Waals surface area (Å²) in [6.45, 7) is 7.21. The molecule has 4 nitrogen and oxygen atoms in total. The van der Waals surface area contributed by atoms with E-state index in [0.29, 0.717) is 12.4 Å². The number of nitrogen functional groups attached to an aromatic ring is 1. The molecule has 20 heavy (non-hydrogen) atoms. The van der Waals surface area contributed by atoms with Gasteiger partial charge in [-0.3, -0.25) is 4.72 Å². The summed E-state index contributed by atoms with van der Waals surface area (Å²) in [5.41, 5.74) is 8.74. The van der Waals surface area contributed by atoms with Crippen LogP contribution in [0.1, 0.15) is 26.3 Å². The van der Waals surface area contributed by atoms with Gasteiger partial charge in [0.05, 0.1) is 5.69 Å². The summed E-state index contributed by atoms with van der Waals surface area (Å²) in [5.74, 6) is 0.447. The highest BCUT2D eigenvalue weighted by Gasteiger charge is 2.12. The van der Waals surface area contributed by atoms with E-state index in [1.165, 1.54) is 0 Å². The maximum atomic E-state index is 5.75. The van der Waals surface area contributed by atoms with E-state index in [2.05, 4.69) is 35.7 Å². The fraction of sp³-hybridized carbons (Fsp3) is 0.333. The Hall–Kier alpha value is -1.59. The lowest BCUT2D eigenvalue weighted by molar-refractivity contribution is 0.787. The molecule has 3 N–H and O–H groups in total. The topological polar surface area (TPSA) is 63.8 Å². The van der Waals surface area contributed by atoms with Crippen molar-refractivity contribution in [3.8, 4) is 11.3 Å². The van der Waals surface area contributed by atoms with Crippen LogP contribution < -0.4 is 10.5 Å². The molecule has 106 valence electrons. The Morgan fingerprint density at radius 1 is 1.15 bits per heavy atom. The number of nitrogens with zero attached hydrogens (tertiary/aromatic N) is 2. The van der Waals surface area contributed by atoms with E-state index < -0.39 is 0 Å². The molecule has 0 saturated heterocycles. The average Bonchev–Trinajstić information content (AvgIpc) is 2.38. The highest BCUT2D eigenvalue weighted by molar-refractivity contribution is 7.98. The van der Waals surface area contributed by atoms with Crippen molar-refractivity contribution >= 4 is 17.8 Å². The van der Waals surface area contributed by atoms with Gasteiger partial charge in [0.15, 0.2) is 0 Å². The molecular formula is C15H20N4S. The molecule has 0 aliphatic rings. The second kappa shape index (κ2) is 6.24. The number of benzene rings is 1. The molecule has 0 unspecified atom stereocenters. The van der Waals surface area contributed by atoms with Crippen molar-refractivity contribution in [1.82, 2.24) is 14.9 Å². The molecule has 0 bridgehead atoms. The molecule has 0 spiro atoms.